The molecule has 2 nitrogen and oxygen atoms in total. The molecule has 0 aliphatic carbocycles. The molecule has 0 bridgehead atoms. The molecule has 1 fully saturated rings. The number of rotatable bonds is 6. The second-order valence-corrected chi connectivity index (χ2v) is 10.4. The van der Waals surface area contributed by atoms with Gasteiger partial charge in [-0.3, -0.25) is 0 Å². The first-order valence-corrected chi connectivity index (χ1v) is 12.6. The Morgan fingerprint density at radius 2 is 1.03 bits per heavy atom. The summed E-state index contributed by atoms with van der Waals surface area (Å²) in [4.78, 5) is 2.60. The number of hydrogen-bond acceptors (Lipinski definition) is 4. The first-order valence-electron chi connectivity index (χ1n) is 10.7. The molecule has 158 valence electrons. The molecule has 1 heterocycles. The van der Waals surface area contributed by atoms with Crippen LogP contribution in [0.15, 0.2) is 94.7 Å². The molecule has 1 aliphatic heterocycles. The first kappa shape index (κ1) is 20.9. The van der Waals surface area contributed by atoms with Crippen molar-refractivity contribution in [2.75, 3.05) is 11.5 Å². The Kier molecular flexibility index (Phi) is 5.98. The molecule has 0 spiro atoms. The normalized spacial score (nSPS) is 20.5. The average Bonchev–Trinajstić information content (AvgIpc) is 3.09. The lowest BCUT2D eigenvalue weighted by atomic mass is 10.1. The van der Waals surface area contributed by atoms with Crippen molar-refractivity contribution in [1.82, 2.24) is 0 Å². The highest BCUT2D eigenvalue weighted by Gasteiger charge is 2.41. The minimum atomic E-state index is -0.548. The van der Waals surface area contributed by atoms with E-state index >= 15 is 0 Å². The maximum absolute atomic E-state index is 6.31. The van der Waals surface area contributed by atoms with Crippen molar-refractivity contribution in [3.05, 3.63) is 84.9 Å². The molecule has 5 rings (SSSR count). The summed E-state index contributed by atoms with van der Waals surface area (Å²) >= 11 is 3.72. The SMILES string of the molecule is CC1(C)O[C@@H](CSc2cccc3ccccc23)[C@H](CSc2cccc3ccccc23)O1. The molecule has 0 radical (unpaired) electrons. The van der Waals surface area contributed by atoms with Crippen LogP contribution in [-0.4, -0.2) is 29.5 Å². The minimum absolute atomic E-state index is 0.0569. The fraction of sp³-hybridized carbons (Fsp3) is 0.259. The van der Waals surface area contributed by atoms with Gasteiger partial charge in [-0.15, -0.1) is 23.5 Å². The van der Waals surface area contributed by atoms with Crippen LogP contribution in [0.3, 0.4) is 0 Å². The van der Waals surface area contributed by atoms with Crippen LogP contribution in [0.4, 0.5) is 0 Å². The lowest BCUT2D eigenvalue weighted by molar-refractivity contribution is -0.142. The lowest BCUT2D eigenvalue weighted by Crippen LogP contribution is -2.27. The minimum Gasteiger partial charge on any atom is -0.344 e. The third-order valence-electron chi connectivity index (χ3n) is 5.59. The van der Waals surface area contributed by atoms with Gasteiger partial charge in [0.2, 0.25) is 0 Å². The van der Waals surface area contributed by atoms with E-state index in [0.29, 0.717) is 0 Å². The summed E-state index contributed by atoms with van der Waals surface area (Å²) in [5, 5.41) is 5.16. The van der Waals surface area contributed by atoms with Crippen LogP contribution in [-0.2, 0) is 9.47 Å². The van der Waals surface area contributed by atoms with Gasteiger partial charge in [0.15, 0.2) is 5.79 Å². The molecular formula is C27H26O2S2. The Labute approximate surface area is 192 Å². The van der Waals surface area contributed by atoms with Gasteiger partial charge in [0.05, 0.1) is 12.2 Å². The standard InChI is InChI=1S/C27H26O2S2/c1-27(2)28-23(17-30-25-15-7-11-19-9-3-5-13-21(19)25)24(29-27)18-31-26-16-8-12-20-10-4-6-14-22(20)26/h3-16,23-24H,17-18H2,1-2H3/t23-,24-/m0/s1. The largest absolute Gasteiger partial charge is 0.344 e. The summed E-state index contributed by atoms with van der Waals surface area (Å²) in [5.74, 6) is 1.20. The van der Waals surface area contributed by atoms with E-state index in [2.05, 4.69) is 84.9 Å². The zero-order valence-electron chi connectivity index (χ0n) is 17.8. The summed E-state index contributed by atoms with van der Waals surface area (Å²) < 4.78 is 12.6. The van der Waals surface area contributed by atoms with Crippen LogP contribution >= 0.6 is 23.5 Å². The predicted octanol–water partition coefficient (Wildman–Crippen LogP) is 7.40. The number of ether oxygens (including phenoxy) is 2. The zero-order chi connectivity index (χ0) is 21.3. The lowest BCUT2D eigenvalue weighted by Gasteiger charge is -2.17. The van der Waals surface area contributed by atoms with Gasteiger partial charge in [-0.25, -0.2) is 0 Å². The topological polar surface area (TPSA) is 18.5 Å². The number of thioether (sulfide) groups is 2. The van der Waals surface area contributed by atoms with Crippen molar-refractivity contribution in [3.8, 4) is 0 Å². The monoisotopic (exact) mass is 446 g/mol. The van der Waals surface area contributed by atoms with Crippen molar-refractivity contribution in [1.29, 1.82) is 0 Å². The van der Waals surface area contributed by atoms with Crippen LogP contribution in [0.25, 0.3) is 21.5 Å². The molecule has 1 aliphatic rings. The highest BCUT2D eigenvalue weighted by molar-refractivity contribution is 8.00. The van der Waals surface area contributed by atoms with Crippen LogP contribution in [0.5, 0.6) is 0 Å². The fourth-order valence-electron chi connectivity index (χ4n) is 4.18. The van der Waals surface area contributed by atoms with E-state index in [9.17, 15) is 0 Å². The quantitative estimate of drug-likeness (QED) is 0.287. The Morgan fingerprint density at radius 1 is 0.613 bits per heavy atom. The molecule has 4 aromatic rings. The second kappa shape index (κ2) is 8.87. The van der Waals surface area contributed by atoms with E-state index in [1.165, 1.54) is 31.3 Å². The van der Waals surface area contributed by atoms with Gasteiger partial charge in [0.25, 0.3) is 0 Å². The summed E-state index contributed by atoms with van der Waals surface area (Å²) in [5.41, 5.74) is 0. The summed E-state index contributed by atoms with van der Waals surface area (Å²) in [6, 6.07) is 30.1. The van der Waals surface area contributed by atoms with E-state index in [4.69, 9.17) is 9.47 Å². The molecule has 4 aromatic carbocycles. The number of benzene rings is 4. The van der Waals surface area contributed by atoms with Crippen LogP contribution < -0.4 is 0 Å². The Balaban J connectivity index is 1.31. The third-order valence-corrected chi connectivity index (χ3v) is 7.91. The number of hydrogen-bond donors (Lipinski definition) is 0. The van der Waals surface area contributed by atoms with Gasteiger partial charge in [-0.05, 0) is 47.5 Å². The van der Waals surface area contributed by atoms with Gasteiger partial charge in [-0.1, -0.05) is 72.8 Å². The van der Waals surface area contributed by atoms with E-state index in [1.807, 2.05) is 37.4 Å². The Bertz CT molecular complexity index is 1100. The van der Waals surface area contributed by atoms with Gasteiger partial charge < -0.3 is 9.47 Å². The third kappa shape index (κ3) is 4.63. The van der Waals surface area contributed by atoms with Crippen LogP contribution in [0.1, 0.15) is 13.8 Å². The van der Waals surface area contributed by atoms with E-state index in [-0.39, 0.29) is 12.2 Å². The maximum Gasteiger partial charge on any atom is 0.163 e. The summed E-state index contributed by atoms with van der Waals surface area (Å²) in [7, 11) is 0. The molecule has 4 heteroatoms. The summed E-state index contributed by atoms with van der Waals surface area (Å²) in [6.07, 6.45) is 0.114. The summed E-state index contributed by atoms with van der Waals surface area (Å²) in [6.45, 7) is 4.04. The van der Waals surface area contributed by atoms with Gasteiger partial charge in [0, 0.05) is 21.3 Å². The van der Waals surface area contributed by atoms with Gasteiger partial charge in [0.1, 0.15) is 0 Å². The van der Waals surface area contributed by atoms with Gasteiger partial charge >= 0.3 is 0 Å². The molecule has 0 N–H and O–H groups in total. The van der Waals surface area contributed by atoms with Crippen LogP contribution in [0, 0.1) is 0 Å². The van der Waals surface area contributed by atoms with Crippen molar-refractivity contribution >= 4 is 45.1 Å². The molecule has 0 saturated carbocycles. The fourth-order valence-corrected chi connectivity index (χ4v) is 6.46. The van der Waals surface area contributed by atoms with Gasteiger partial charge in [-0.2, -0.15) is 0 Å². The highest BCUT2D eigenvalue weighted by atomic mass is 32.2. The van der Waals surface area contributed by atoms with Crippen molar-refractivity contribution in [3.63, 3.8) is 0 Å². The molecule has 31 heavy (non-hydrogen) atoms. The molecular weight excluding hydrogens is 420 g/mol. The predicted molar refractivity (Wildman–Crippen MR) is 133 cm³/mol. The smallest absolute Gasteiger partial charge is 0.163 e. The Morgan fingerprint density at radius 3 is 1.52 bits per heavy atom. The van der Waals surface area contributed by atoms with Crippen molar-refractivity contribution in [2.45, 2.75) is 41.6 Å². The average molecular weight is 447 g/mol. The zero-order valence-corrected chi connectivity index (χ0v) is 19.4. The number of fused-ring (bicyclic) bond motifs is 2. The Hall–Kier alpha value is -1.98. The maximum atomic E-state index is 6.31. The van der Waals surface area contributed by atoms with Crippen LogP contribution in [0.2, 0.25) is 0 Å². The molecule has 2 atom stereocenters. The van der Waals surface area contributed by atoms with Crippen molar-refractivity contribution in [2.24, 2.45) is 0 Å². The highest BCUT2D eigenvalue weighted by Crippen LogP contribution is 2.37. The van der Waals surface area contributed by atoms with Crippen molar-refractivity contribution < 1.29 is 9.47 Å². The molecule has 1 saturated heterocycles. The molecule has 0 unspecified atom stereocenters. The second-order valence-electron chi connectivity index (χ2n) is 8.29. The molecule has 0 aromatic heterocycles. The first-order chi connectivity index (χ1) is 15.1. The molecule has 0 amide bonds. The van der Waals surface area contributed by atoms with E-state index in [0.717, 1.165) is 11.5 Å². The van der Waals surface area contributed by atoms with E-state index in [1.54, 1.807) is 0 Å². The van der Waals surface area contributed by atoms with E-state index < -0.39 is 5.79 Å².